The second kappa shape index (κ2) is 9.43. The Morgan fingerprint density at radius 1 is 0.778 bits per heavy atom. The molecule has 3 aromatic carbocycles. The lowest BCUT2D eigenvalue weighted by atomic mass is 10.1. The van der Waals surface area contributed by atoms with E-state index in [0.717, 1.165) is 30.1 Å². The van der Waals surface area contributed by atoms with Crippen LogP contribution in [0.1, 0.15) is 22.3 Å². The van der Waals surface area contributed by atoms with Crippen LogP contribution in [0.2, 0.25) is 0 Å². The van der Waals surface area contributed by atoms with Gasteiger partial charge in [-0.25, -0.2) is 4.79 Å². The SMILES string of the molecule is COC(=O)c1ccc(OCCCc2ccc(Oc3ccccc3)cc2)cc1. The molecule has 0 atom stereocenters. The minimum absolute atomic E-state index is 0.346. The zero-order valence-corrected chi connectivity index (χ0v) is 15.3. The summed E-state index contributed by atoms with van der Waals surface area (Å²) in [5.74, 6) is 2.05. The lowest BCUT2D eigenvalue weighted by Crippen LogP contribution is -2.02. The van der Waals surface area contributed by atoms with E-state index < -0.39 is 0 Å². The van der Waals surface area contributed by atoms with Crippen molar-refractivity contribution in [2.24, 2.45) is 0 Å². The molecule has 0 fully saturated rings. The Kier molecular flexibility index (Phi) is 6.47. The molecule has 4 nitrogen and oxygen atoms in total. The van der Waals surface area contributed by atoms with E-state index in [4.69, 9.17) is 9.47 Å². The topological polar surface area (TPSA) is 44.8 Å². The third-order valence-electron chi connectivity index (χ3n) is 4.06. The maximum atomic E-state index is 11.4. The van der Waals surface area contributed by atoms with Crippen LogP contribution in [0.25, 0.3) is 0 Å². The van der Waals surface area contributed by atoms with Crippen LogP contribution in [0.4, 0.5) is 0 Å². The van der Waals surface area contributed by atoms with Crippen LogP contribution in [0.5, 0.6) is 17.2 Å². The van der Waals surface area contributed by atoms with Crippen molar-refractivity contribution in [3.05, 3.63) is 90.0 Å². The summed E-state index contributed by atoms with van der Waals surface area (Å²) in [5, 5.41) is 0. The van der Waals surface area contributed by atoms with Gasteiger partial charge in [0.2, 0.25) is 0 Å². The van der Waals surface area contributed by atoms with Gasteiger partial charge in [0.25, 0.3) is 0 Å². The monoisotopic (exact) mass is 362 g/mol. The number of carbonyl (C=O) groups is 1. The molecule has 0 N–H and O–H groups in total. The molecule has 138 valence electrons. The molecular weight excluding hydrogens is 340 g/mol. The Bertz CT molecular complexity index is 840. The van der Waals surface area contributed by atoms with Gasteiger partial charge in [-0.2, -0.15) is 0 Å². The molecule has 4 heteroatoms. The number of benzene rings is 3. The summed E-state index contributed by atoms with van der Waals surface area (Å²) in [5.41, 5.74) is 1.75. The molecule has 0 amide bonds. The molecular formula is C23H22O4. The van der Waals surface area contributed by atoms with Gasteiger partial charge in [-0.3, -0.25) is 0 Å². The molecule has 0 spiro atoms. The Morgan fingerprint density at radius 3 is 2.07 bits per heavy atom. The molecule has 0 saturated heterocycles. The Labute approximate surface area is 159 Å². The minimum Gasteiger partial charge on any atom is -0.494 e. The highest BCUT2D eigenvalue weighted by atomic mass is 16.5. The van der Waals surface area contributed by atoms with Crippen molar-refractivity contribution in [3.63, 3.8) is 0 Å². The quantitative estimate of drug-likeness (QED) is 0.404. The van der Waals surface area contributed by atoms with Gasteiger partial charge in [-0.05, 0) is 66.9 Å². The van der Waals surface area contributed by atoms with E-state index in [2.05, 4.69) is 16.9 Å². The number of hydrogen-bond donors (Lipinski definition) is 0. The van der Waals surface area contributed by atoms with Crippen molar-refractivity contribution in [2.75, 3.05) is 13.7 Å². The zero-order chi connectivity index (χ0) is 18.9. The number of ether oxygens (including phenoxy) is 3. The van der Waals surface area contributed by atoms with Crippen LogP contribution in [0, 0.1) is 0 Å². The van der Waals surface area contributed by atoms with E-state index in [1.165, 1.54) is 12.7 Å². The van der Waals surface area contributed by atoms with Crippen molar-refractivity contribution in [1.82, 2.24) is 0 Å². The second-order valence-corrected chi connectivity index (χ2v) is 6.03. The zero-order valence-electron chi connectivity index (χ0n) is 15.3. The van der Waals surface area contributed by atoms with Gasteiger partial charge in [0.15, 0.2) is 0 Å². The normalized spacial score (nSPS) is 10.3. The summed E-state index contributed by atoms with van der Waals surface area (Å²) in [6, 6.07) is 24.8. The summed E-state index contributed by atoms with van der Waals surface area (Å²) in [6.07, 6.45) is 1.82. The van der Waals surface area contributed by atoms with Crippen LogP contribution in [-0.2, 0) is 11.2 Å². The van der Waals surface area contributed by atoms with E-state index in [9.17, 15) is 4.79 Å². The highest BCUT2D eigenvalue weighted by Crippen LogP contribution is 2.21. The summed E-state index contributed by atoms with van der Waals surface area (Å²) in [7, 11) is 1.37. The van der Waals surface area contributed by atoms with Crippen molar-refractivity contribution in [3.8, 4) is 17.2 Å². The molecule has 0 saturated carbocycles. The fourth-order valence-electron chi connectivity index (χ4n) is 2.62. The van der Waals surface area contributed by atoms with E-state index in [1.54, 1.807) is 24.3 Å². The van der Waals surface area contributed by atoms with Gasteiger partial charge < -0.3 is 14.2 Å². The predicted octanol–water partition coefficient (Wildman–Crippen LogP) is 5.28. The van der Waals surface area contributed by atoms with Gasteiger partial charge >= 0.3 is 5.97 Å². The first-order valence-corrected chi connectivity index (χ1v) is 8.87. The lowest BCUT2D eigenvalue weighted by molar-refractivity contribution is 0.0600. The first kappa shape index (κ1) is 18.5. The van der Waals surface area contributed by atoms with Crippen molar-refractivity contribution in [2.45, 2.75) is 12.8 Å². The molecule has 0 heterocycles. The van der Waals surface area contributed by atoms with Gasteiger partial charge in [0, 0.05) is 0 Å². The second-order valence-electron chi connectivity index (χ2n) is 6.03. The van der Waals surface area contributed by atoms with Crippen molar-refractivity contribution in [1.29, 1.82) is 0 Å². The molecule has 0 aliphatic carbocycles. The van der Waals surface area contributed by atoms with Crippen LogP contribution >= 0.6 is 0 Å². The lowest BCUT2D eigenvalue weighted by Gasteiger charge is -2.08. The molecule has 0 unspecified atom stereocenters. The maximum absolute atomic E-state index is 11.4. The molecule has 27 heavy (non-hydrogen) atoms. The fraction of sp³-hybridized carbons (Fsp3) is 0.174. The van der Waals surface area contributed by atoms with Crippen LogP contribution in [-0.4, -0.2) is 19.7 Å². The van der Waals surface area contributed by atoms with Crippen LogP contribution in [0.15, 0.2) is 78.9 Å². The summed E-state index contributed by atoms with van der Waals surface area (Å²) < 4.78 is 16.2. The molecule has 3 aromatic rings. The third-order valence-corrected chi connectivity index (χ3v) is 4.06. The number of carbonyl (C=O) groups excluding carboxylic acids is 1. The van der Waals surface area contributed by atoms with Gasteiger partial charge in [-0.15, -0.1) is 0 Å². The average molecular weight is 362 g/mol. The van der Waals surface area contributed by atoms with E-state index in [0.29, 0.717) is 12.2 Å². The molecule has 0 bridgehead atoms. The number of esters is 1. The molecule has 0 aliphatic heterocycles. The number of rotatable bonds is 8. The summed E-state index contributed by atoms with van der Waals surface area (Å²) in [4.78, 5) is 11.4. The number of methoxy groups -OCH3 is 1. The largest absolute Gasteiger partial charge is 0.494 e. The molecule has 0 radical (unpaired) electrons. The fourth-order valence-corrected chi connectivity index (χ4v) is 2.62. The summed E-state index contributed by atoms with van der Waals surface area (Å²) >= 11 is 0. The van der Waals surface area contributed by atoms with Gasteiger partial charge in [0.1, 0.15) is 17.2 Å². The molecule has 0 aromatic heterocycles. The van der Waals surface area contributed by atoms with E-state index in [-0.39, 0.29) is 5.97 Å². The Morgan fingerprint density at radius 2 is 1.41 bits per heavy atom. The number of aryl methyl sites for hydroxylation is 1. The van der Waals surface area contributed by atoms with Crippen molar-refractivity contribution < 1.29 is 19.0 Å². The Hall–Kier alpha value is -3.27. The first-order chi connectivity index (χ1) is 13.2. The summed E-state index contributed by atoms with van der Waals surface area (Å²) in [6.45, 7) is 0.611. The van der Waals surface area contributed by atoms with Crippen LogP contribution in [0.3, 0.4) is 0 Å². The smallest absolute Gasteiger partial charge is 0.337 e. The van der Waals surface area contributed by atoms with Crippen molar-refractivity contribution >= 4 is 5.97 Å². The highest BCUT2D eigenvalue weighted by molar-refractivity contribution is 5.89. The number of hydrogen-bond acceptors (Lipinski definition) is 4. The highest BCUT2D eigenvalue weighted by Gasteiger charge is 2.04. The van der Waals surface area contributed by atoms with E-state index >= 15 is 0 Å². The molecule has 0 aliphatic rings. The number of para-hydroxylation sites is 1. The van der Waals surface area contributed by atoms with Crippen LogP contribution < -0.4 is 9.47 Å². The minimum atomic E-state index is -0.346. The van der Waals surface area contributed by atoms with E-state index in [1.807, 2.05) is 42.5 Å². The maximum Gasteiger partial charge on any atom is 0.337 e. The third kappa shape index (κ3) is 5.61. The average Bonchev–Trinajstić information content (AvgIpc) is 2.73. The van der Waals surface area contributed by atoms with Gasteiger partial charge in [0.05, 0.1) is 19.3 Å². The first-order valence-electron chi connectivity index (χ1n) is 8.87. The predicted molar refractivity (Wildman–Crippen MR) is 105 cm³/mol. The molecule has 3 rings (SSSR count). The standard InChI is InChI=1S/C23H22O4/c1-25-23(24)19-11-15-20(16-12-19)26-17-5-6-18-9-13-22(14-10-18)27-21-7-3-2-4-8-21/h2-4,7-16H,5-6,17H2,1H3. The van der Waals surface area contributed by atoms with Gasteiger partial charge in [-0.1, -0.05) is 30.3 Å². The Balaban J connectivity index is 1.42.